The number of likely N-dealkylation sites (N-methyl/N-ethyl adjacent to an activating group) is 1. The van der Waals surface area contributed by atoms with E-state index in [1.165, 1.54) is 0 Å². The highest BCUT2D eigenvalue weighted by Gasteiger charge is 2.17. The van der Waals surface area contributed by atoms with Gasteiger partial charge in [0, 0.05) is 44.7 Å². The van der Waals surface area contributed by atoms with Gasteiger partial charge < -0.3 is 15.5 Å². The number of hydrogen-bond acceptors (Lipinski definition) is 3. The highest BCUT2D eigenvalue weighted by Crippen LogP contribution is 2.11. The van der Waals surface area contributed by atoms with Crippen LogP contribution >= 0.6 is 0 Å². The SMILES string of the molecule is CC(C)C(=O)N(C)Cc1ccc(C(=O)N(C)C(C)CN)cc1. The van der Waals surface area contributed by atoms with Crippen LogP contribution in [0.3, 0.4) is 0 Å². The van der Waals surface area contributed by atoms with Crippen molar-refractivity contribution in [3.63, 3.8) is 0 Å². The van der Waals surface area contributed by atoms with Crippen LogP contribution < -0.4 is 5.73 Å². The normalized spacial score (nSPS) is 12.1. The molecule has 5 heteroatoms. The number of carbonyl (C=O) groups excluding carboxylic acids is 2. The molecule has 0 heterocycles. The molecular weight excluding hydrogens is 278 g/mol. The third-order valence-electron chi connectivity index (χ3n) is 3.81. The predicted molar refractivity (Wildman–Crippen MR) is 88.4 cm³/mol. The van der Waals surface area contributed by atoms with Crippen LogP contribution in [0.5, 0.6) is 0 Å². The first-order valence-electron chi connectivity index (χ1n) is 7.59. The zero-order valence-electron chi connectivity index (χ0n) is 14.2. The number of benzene rings is 1. The first-order chi connectivity index (χ1) is 10.3. The maximum atomic E-state index is 12.3. The molecule has 122 valence electrons. The lowest BCUT2D eigenvalue weighted by atomic mass is 10.1. The van der Waals surface area contributed by atoms with E-state index in [0.717, 1.165) is 5.56 Å². The van der Waals surface area contributed by atoms with Crippen LogP contribution in [0.2, 0.25) is 0 Å². The smallest absolute Gasteiger partial charge is 0.253 e. The zero-order valence-corrected chi connectivity index (χ0v) is 14.2. The van der Waals surface area contributed by atoms with Gasteiger partial charge in [-0.3, -0.25) is 9.59 Å². The molecular formula is C17H27N3O2. The molecule has 0 radical (unpaired) electrons. The maximum Gasteiger partial charge on any atom is 0.253 e. The highest BCUT2D eigenvalue weighted by atomic mass is 16.2. The fourth-order valence-corrected chi connectivity index (χ4v) is 2.11. The van der Waals surface area contributed by atoms with E-state index >= 15 is 0 Å². The van der Waals surface area contributed by atoms with Gasteiger partial charge in [-0.1, -0.05) is 26.0 Å². The van der Waals surface area contributed by atoms with E-state index in [1.54, 1.807) is 36.0 Å². The summed E-state index contributed by atoms with van der Waals surface area (Å²) in [4.78, 5) is 27.5. The number of nitrogens with two attached hydrogens (primary N) is 1. The number of rotatable bonds is 6. The number of hydrogen-bond donors (Lipinski definition) is 1. The van der Waals surface area contributed by atoms with Crippen molar-refractivity contribution in [1.29, 1.82) is 0 Å². The standard InChI is InChI=1S/C17H27N3O2/c1-12(2)16(21)19(4)11-14-6-8-15(9-7-14)17(22)20(5)13(3)10-18/h6-9,12-13H,10-11,18H2,1-5H3. The zero-order chi connectivity index (χ0) is 16.9. The molecule has 0 bridgehead atoms. The number of nitrogens with zero attached hydrogens (tertiary/aromatic N) is 2. The summed E-state index contributed by atoms with van der Waals surface area (Å²) >= 11 is 0. The van der Waals surface area contributed by atoms with Crippen molar-refractivity contribution >= 4 is 11.8 Å². The van der Waals surface area contributed by atoms with E-state index in [9.17, 15) is 9.59 Å². The Kier molecular flexibility index (Phi) is 6.56. The largest absolute Gasteiger partial charge is 0.341 e. The lowest BCUT2D eigenvalue weighted by molar-refractivity contribution is -0.133. The quantitative estimate of drug-likeness (QED) is 0.870. The van der Waals surface area contributed by atoms with Gasteiger partial charge in [-0.05, 0) is 24.6 Å². The van der Waals surface area contributed by atoms with Crippen molar-refractivity contribution in [2.75, 3.05) is 20.6 Å². The van der Waals surface area contributed by atoms with Crippen LogP contribution in [0.15, 0.2) is 24.3 Å². The van der Waals surface area contributed by atoms with Crippen LogP contribution in [0.25, 0.3) is 0 Å². The Morgan fingerprint density at radius 2 is 1.64 bits per heavy atom. The van der Waals surface area contributed by atoms with Crippen LogP contribution in [-0.4, -0.2) is 48.3 Å². The van der Waals surface area contributed by atoms with Crippen molar-refractivity contribution in [2.24, 2.45) is 11.7 Å². The van der Waals surface area contributed by atoms with Crippen LogP contribution in [0, 0.1) is 5.92 Å². The van der Waals surface area contributed by atoms with Crippen LogP contribution in [0.4, 0.5) is 0 Å². The van der Waals surface area contributed by atoms with Gasteiger partial charge in [-0.2, -0.15) is 0 Å². The van der Waals surface area contributed by atoms with E-state index in [0.29, 0.717) is 18.7 Å². The molecule has 1 aromatic carbocycles. The summed E-state index contributed by atoms with van der Waals surface area (Å²) < 4.78 is 0. The fraction of sp³-hybridized carbons (Fsp3) is 0.529. The first kappa shape index (κ1) is 18.2. The van der Waals surface area contributed by atoms with Gasteiger partial charge in [0.25, 0.3) is 5.91 Å². The maximum absolute atomic E-state index is 12.3. The Morgan fingerprint density at radius 3 is 2.09 bits per heavy atom. The summed E-state index contributed by atoms with van der Waals surface area (Å²) in [7, 11) is 3.54. The second kappa shape index (κ2) is 7.94. The minimum absolute atomic E-state index is 0.00183. The third kappa shape index (κ3) is 4.56. The van der Waals surface area contributed by atoms with Gasteiger partial charge in [0.2, 0.25) is 5.91 Å². The molecule has 0 spiro atoms. The van der Waals surface area contributed by atoms with Gasteiger partial charge >= 0.3 is 0 Å². The second-order valence-corrected chi connectivity index (χ2v) is 6.05. The molecule has 1 unspecified atom stereocenters. The molecule has 0 aromatic heterocycles. The third-order valence-corrected chi connectivity index (χ3v) is 3.81. The molecule has 2 amide bonds. The summed E-state index contributed by atoms with van der Waals surface area (Å²) in [6.45, 7) is 6.66. The number of carbonyl (C=O) groups is 2. The van der Waals surface area contributed by atoms with E-state index < -0.39 is 0 Å². The molecule has 5 nitrogen and oxygen atoms in total. The summed E-state index contributed by atoms with van der Waals surface area (Å²) in [5.74, 6) is 0.0463. The molecule has 0 aliphatic carbocycles. The summed E-state index contributed by atoms with van der Waals surface area (Å²) in [6.07, 6.45) is 0. The Morgan fingerprint density at radius 1 is 1.09 bits per heavy atom. The summed E-state index contributed by atoms with van der Waals surface area (Å²) in [5, 5.41) is 0. The van der Waals surface area contributed by atoms with Crippen molar-refractivity contribution in [1.82, 2.24) is 9.80 Å². The average Bonchev–Trinajstić information content (AvgIpc) is 2.52. The van der Waals surface area contributed by atoms with E-state index in [-0.39, 0.29) is 23.8 Å². The molecule has 1 rings (SSSR count). The first-order valence-corrected chi connectivity index (χ1v) is 7.59. The molecule has 0 saturated carbocycles. The second-order valence-electron chi connectivity index (χ2n) is 6.05. The average molecular weight is 305 g/mol. The van der Waals surface area contributed by atoms with E-state index in [1.807, 2.05) is 32.9 Å². The van der Waals surface area contributed by atoms with Crippen molar-refractivity contribution in [3.8, 4) is 0 Å². The van der Waals surface area contributed by atoms with Crippen molar-refractivity contribution in [2.45, 2.75) is 33.4 Å². The molecule has 0 aliphatic rings. The lowest BCUT2D eigenvalue weighted by Gasteiger charge is -2.24. The van der Waals surface area contributed by atoms with Gasteiger partial charge in [0.1, 0.15) is 0 Å². The van der Waals surface area contributed by atoms with Crippen LogP contribution in [0.1, 0.15) is 36.7 Å². The van der Waals surface area contributed by atoms with Gasteiger partial charge in [0.05, 0.1) is 0 Å². The Labute approximate surface area is 133 Å². The molecule has 1 aromatic rings. The molecule has 0 saturated heterocycles. The molecule has 0 fully saturated rings. The topological polar surface area (TPSA) is 66.6 Å². The Balaban J connectivity index is 2.75. The van der Waals surface area contributed by atoms with Crippen molar-refractivity contribution < 1.29 is 9.59 Å². The van der Waals surface area contributed by atoms with Gasteiger partial charge in [0.15, 0.2) is 0 Å². The van der Waals surface area contributed by atoms with Gasteiger partial charge in [-0.15, -0.1) is 0 Å². The van der Waals surface area contributed by atoms with E-state index in [4.69, 9.17) is 5.73 Å². The highest BCUT2D eigenvalue weighted by molar-refractivity contribution is 5.94. The summed E-state index contributed by atoms with van der Waals surface area (Å²) in [5.41, 5.74) is 7.22. The van der Waals surface area contributed by atoms with E-state index in [2.05, 4.69) is 0 Å². The Bertz CT molecular complexity index is 511. The monoisotopic (exact) mass is 305 g/mol. The molecule has 22 heavy (non-hydrogen) atoms. The van der Waals surface area contributed by atoms with Gasteiger partial charge in [-0.25, -0.2) is 0 Å². The van der Waals surface area contributed by atoms with Crippen LogP contribution in [-0.2, 0) is 11.3 Å². The fourth-order valence-electron chi connectivity index (χ4n) is 2.11. The molecule has 2 N–H and O–H groups in total. The lowest BCUT2D eigenvalue weighted by Crippen LogP contribution is -2.39. The number of amides is 2. The molecule has 0 aliphatic heterocycles. The minimum atomic E-state index is -0.0453. The minimum Gasteiger partial charge on any atom is -0.341 e. The predicted octanol–water partition coefficient (Wildman–Crippen LogP) is 1.72. The van der Waals surface area contributed by atoms with Crippen molar-refractivity contribution in [3.05, 3.63) is 35.4 Å². The summed E-state index contributed by atoms with van der Waals surface area (Å²) in [6, 6.07) is 7.37. The Hall–Kier alpha value is -1.88. The molecule has 1 atom stereocenters.